The second-order valence-electron chi connectivity index (χ2n) is 5.83. The van der Waals surface area contributed by atoms with Gasteiger partial charge in [-0.3, -0.25) is 0 Å². The Kier molecular flexibility index (Phi) is 4.60. The van der Waals surface area contributed by atoms with E-state index in [4.69, 9.17) is 0 Å². The van der Waals surface area contributed by atoms with E-state index in [0.29, 0.717) is 12.0 Å². The number of rotatable bonds is 6. The minimum absolute atomic E-state index is 0.426. The van der Waals surface area contributed by atoms with Crippen LogP contribution in [0.25, 0.3) is 5.52 Å². The summed E-state index contributed by atoms with van der Waals surface area (Å²) in [4.78, 5) is 6.74. The predicted octanol–water partition coefficient (Wildman–Crippen LogP) is 2.60. The van der Waals surface area contributed by atoms with Gasteiger partial charge < -0.3 is 10.2 Å². The van der Waals surface area contributed by atoms with E-state index in [1.165, 1.54) is 0 Å². The third-order valence-electron chi connectivity index (χ3n) is 3.64. The fourth-order valence-corrected chi connectivity index (χ4v) is 1.97. The van der Waals surface area contributed by atoms with Crippen molar-refractivity contribution in [3.8, 4) is 0 Å². The van der Waals surface area contributed by atoms with Gasteiger partial charge in [0, 0.05) is 31.5 Å². The monoisotopic (exact) mass is 275 g/mol. The molecule has 0 atom stereocenters. The Hall–Kier alpha value is -1.62. The van der Waals surface area contributed by atoms with Crippen LogP contribution < -0.4 is 5.32 Å². The van der Waals surface area contributed by atoms with Crippen LogP contribution in [0.3, 0.4) is 0 Å². The van der Waals surface area contributed by atoms with Gasteiger partial charge in [0.1, 0.15) is 5.52 Å². The van der Waals surface area contributed by atoms with Crippen LogP contribution in [-0.4, -0.2) is 45.7 Å². The lowest BCUT2D eigenvalue weighted by Crippen LogP contribution is -2.31. The highest BCUT2D eigenvalue weighted by Crippen LogP contribution is 2.19. The van der Waals surface area contributed by atoms with E-state index in [0.717, 1.165) is 30.1 Å². The molecular formula is C15H25N5. The zero-order valence-electron chi connectivity index (χ0n) is 13.1. The summed E-state index contributed by atoms with van der Waals surface area (Å²) in [6, 6.07) is 2.68. The molecule has 0 saturated carbocycles. The van der Waals surface area contributed by atoms with Gasteiger partial charge in [0.25, 0.3) is 0 Å². The van der Waals surface area contributed by atoms with Gasteiger partial charge in [0.15, 0.2) is 5.82 Å². The standard InChI is InChI=1S/C15H25N5/c1-11(2)13-10-14-15(17-7-9-20(14)18-13)16-6-8-19(5)12(3)4/h7,9-12H,6,8H2,1-5H3,(H,16,17). The molecule has 0 radical (unpaired) electrons. The van der Waals surface area contributed by atoms with Crippen LogP contribution in [0.5, 0.6) is 0 Å². The molecule has 0 aromatic carbocycles. The van der Waals surface area contributed by atoms with Crippen molar-refractivity contribution in [3.05, 3.63) is 24.2 Å². The van der Waals surface area contributed by atoms with Gasteiger partial charge in [0.05, 0.1) is 5.69 Å². The van der Waals surface area contributed by atoms with Gasteiger partial charge in [-0.15, -0.1) is 0 Å². The Morgan fingerprint density at radius 3 is 2.70 bits per heavy atom. The fraction of sp³-hybridized carbons (Fsp3) is 0.600. The predicted molar refractivity (Wildman–Crippen MR) is 83.3 cm³/mol. The number of aromatic nitrogens is 3. The summed E-state index contributed by atoms with van der Waals surface area (Å²) in [5.41, 5.74) is 2.14. The molecule has 0 bridgehead atoms. The smallest absolute Gasteiger partial charge is 0.152 e. The molecule has 2 rings (SSSR count). The molecule has 20 heavy (non-hydrogen) atoms. The SMILES string of the molecule is CC(C)c1cc2c(NCCN(C)C(C)C)nccn2n1. The highest BCUT2D eigenvalue weighted by Gasteiger charge is 2.10. The zero-order chi connectivity index (χ0) is 14.7. The average Bonchev–Trinajstić information content (AvgIpc) is 2.83. The van der Waals surface area contributed by atoms with Crippen molar-refractivity contribution in [2.75, 3.05) is 25.5 Å². The largest absolute Gasteiger partial charge is 0.367 e. The van der Waals surface area contributed by atoms with E-state index in [1.54, 1.807) is 6.20 Å². The fourth-order valence-electron chi connectivity index (χ4n) is 1.97. The number of nitrogens with one attached hydrogen (secondary N) is 1. The van der Waals surface area contributed by atoms with Crippen molar-refractivity contribution in [1.29, 1.82) is 0 Å². The third kappa shape index (κ3) is 3.28. The van der Waals surface area contributed by atoms with Crippen molar-refractivity contribution in [2.45, 2.75) is 39.7 Å². The molecule has 0 saturated heterocycles. The van der Waals surface area contributed by atoms with E-state index in [2.05, 4.69) is 61.1 Å². The molecule has 0 fully saturated rings. The molecule has 5 heteroatoms. The van der Waals surface area contributed by atoms with E-state index in [1.807, 2.05) is 10.7 Å². The van der Waals surface area contributed by atoms with Crippen LogP contribution in [0.4, 0.5) is 5.82 Å². The second kappa shape index (κ2) is 6.22. The molecule has 110 valence electrons. The minimum atomic E-state index is 0.426. The Morgan fingerprint density at radius 1 is 1.30 bits per heavy atom. The maximum atomic E-state index is 4.57. The maximum Gasteiger partial charge on any atom is 0.152 e. The number of likely N-dealkylation sites (N-methyl/N-ethyl adjacent to an activating group) is 1. The highest BCUT2D eigenvalue weighted by molar-refractivity contribution is 5.67. The molecule has 0 amide bonds. The van der Waals surface area contributed by atoms with E-state index in [-0.39, 0.29) is 0 Å². The summed E-state index contributed by atoms with van der Waals surface area (Å²) in [6.45, 7) is 10.6. The lowest BCUT2D eigenvalue weighted by molar-refractivity contribution is 0.284. The first-order valence-corrected chi connectivity index (χ1v) is 7.27. The molecule has 0 unspecified atom stereocenters. The molecule has 0 aliphatic heterocycles. The van der Waals surface area contributed by atoms with Gasteiger partial charge in [-0.25, -0.2) is 9.50 Å². The van der Waals surface area contributed by atoms with Gasteiger partial charge in [0.2, 0.25) is 0 Å². The third-order valence-corrected chi connectivity index (χ3v) is 3.64. The first-order valence-electron chi connectivity index (χ1n) is 7.27. The lowest BCUT2D eigenvalue weighted by Gasteiger charge is -2.21. The summed E-state index contributed by atoms with van der Waals surface area (Å²) in [6.07, 6.45) is 3.69. The molecule has 0 spiro atoms. The molecular weight excluding hydrogens is 250 g/mol. The van der Waals surface area contributed by atoms with Gasteiger partial charge in [-0.05, 0) is 32.9 Å². The van der Waals surface area contributed by atoms with E-state index >= 15 is 0 Å². The van der Waals surface area contributed by atoms with E-state index in [9.17, 15) is 0 Å². The van der Waals surface area contributed by atoms with Crippen LogP contribution in [0.1, 0.15) is 39.3 Å². The normalized spacial score (nSPS) is 12.0. The Labute approximate surface area is 121 Å². The number of hydrogen-bond acceptors (Lipinski definition) is 4. The summed E-state index contributed by atoms with van der Waals surface area (Å²) in [5, 5.41) is 7.98. The topological polar surface area (TPSA) is 45.5 Å². The van der Waals surface area contributed by atoms with Crippen molar-refractivity contribution in [2.24, 2.45) is 0 Å². The van der Waals surface area contributed by atoms with Gasteiger partial charge >= 0.3 is 0 Å². The average molecular weight is 275 g/mol. The molecule has 5 nitrogen and oxygen atoms in total. The summed E-state index contributed by atoms with van der Waals surface area (Å²) >= 11 is 0. The second-order valence-corrected chi connectivity index (χ2v) is 5.83. The quantitative estimate of drug-likeness (QED) is 0.880. The van der Waals surface area contributed by atoms with Crippen molar-refractivity contribution in [1.82, 2.24) is 19.5 Å². The summed E-state index contributed by atoms with van der Waals surface area (Å²) < 4.78 is 1.90. The van der Waals surface area contributed by atoms with Gasteiger partial charge in [-0.2, -0.15) is 5.10 Å². The van der Waals surface area contributed by atoms with Gasteiger partial charge in [-0.1, -0.05) is 13.8 Å². The molecule has 0 aliphatic carbocycles. The molecule has 2 aromatic heterocycles. The number of nitrogens with zero attached hydrogens (tertiary/aromatic N) is 4. The number of anilines is 1. The van der Waals surface area contributed by atoms with E-state index < -0.39 is 0 Å². The first-order chi connectivity index (χ1) is 9.49. The minimum Gasteiger partial charge on any atom is -0.367 e. The van der Waals surface area contributed by atoms with Crippen LogP contribution in [-0.2, 0) is 0 Å². The molecule has 0 aliphatic rings. The van der Waals surface area contributed by atoms with Crippen molar-refractivity contribution in [3.63, 3.8) is 0 Å². The zero-order valence-corrected chi connectivity index (χ0v) is 13.1. The number of fused-ring (bicyclic) bond motifs is 1. The molecule has 1 N–H and O–H groups in total. The summed E-state index contributed by atoms with van der Waals surface area (Å²) in [5.74, 6) is 1.33. The Bertz CT molecular complexity index is 558. The van der Waals surface area contributed by atoms with Crippen LogP contribution in [0.2, 0.25) is 0 Å². The summed E-state index contributed by atoms with van der Waals surface area (Å²) in [7, 11) is 2.13. The lowest BCUT2D eigenvalue weighted by atomic mass is 10.1. The maximum absolute atomic E-state index is 4.57. The van der Waals surface area contributed by atoms with Crippen molar-refractivity contribution >= 4 is 11.3 Å². The van der Waals surface area contributed by atoms with Crippen LogP contribution >= 0.6 is 0 Å². The van der Waals surface area contributed by atoms with Crippen LogP contribution in [0.15, 0.2) is 18.5 Å². The highest BCUT2D eigenvalue weighted by atomic mass is 15.2. The molecule has 2 heterocycles. The Morgan fingerprint density at radius 2 is 2.05 bits per heavy atom. The van der Waals surface area contributed by atoms with Crippen molar-refractivity contribution < 1.29 is 0 Å². The first kappa shape index (κ1) is 14.8. The number of hydrogen-bond donors (Lipinski definition) is 1. The Balaban J connectivity index is 2.10. The molecule has 2 aromatic rings. The van der Waals surface area contributed by atoms with Crippen LogP contribution in [0, 0.1) is 0 Å².